The minimum Gasteiger partial charge on any atom is -0.493 e. The summed E-state index contributed by atoms with van der Waals surface area (Å²) in [6.07, 6.45) is 1.53. The SMILES string of the molecule is COc1ccc(-c2cc(C(=O)Nc3ccc(-n4cnnn4)c(C)c3)c3ccccc3n2)cc1OC. The lowest BCUT2D eigenvalue weighted by molar-refractivity contribution is 0.102. The number of carbonyl (C=O) groups is 1. The van der Waals surface area contributed by atoms with E-state index in [-0.39, 0.29) is 5.91 Å². The van der Waals surface area contributed by atoms with Gasteiger partial charge in [0.15, 0.2) is 11.5 Å². The van der Waals surface area contributed by atoms with Crippen LogP contribution in [0, 0.1) is 6.92 Å². The second-order valence-corrected chi connectivity index (χ2v) is 7.85. The van der Waals surface area contributed by atoms with Gasteiger partial charge in [-0.2, -0.15) is 0 Å². The van der Waals surface area contributed by atoms with E-state index in [4.69, 9.17) is 14.5 Å². The number of aromatic nitrogens is 5. The van der Waals surface area contributed by atoms with Crippen LogP contribution in [0.25, 0.3) is 27.8 Å². The Morgan fingerprint density at radius 3 is 2.51 bits per heavy atom. The van der Waals surface area contributed by atoms with Gasteiger partial charge in [-0.05, 0) is 71.4 Å². The van der Waals surface area contributed by atoms with Crippen molar-refractivity contribution in [2.24, 2.45) is 0 Å². The van der Waals surface area contributed by atoms with Gasteiger partial charge in [0.2, 0.25) is 0 Å². The molecule has 0 saturated carbocycles. The van der Waals surface area contributed by atoms with Crippen LogP contribution in [0.2, 0.25) is 0 Å². The van der Waals surface area contributed by atoms with Crippen molar-refractivity contribution < 1.29 is 14.3 Å². The molecule has 0 radical (unpaired) electrons. The number of methoxy groups -OCH3 is 2. The number of anilines is 1. The number of hydrogen-bond acceptors (Lipinski definition) is 7. The van der Waals surface area contributed by atoms with E-state index >= 15 is 0 Å². The molecule has 0 aliphatic carbocycles. The van der Waals surface area contributed by atoms with E-state index in [9.17, 15) is 4.79 Å². The van der Waals surface area contributed by atoms with Crippen molar-refractivity contribution in [1.29, 1.82) is 0 Å². The molecule has 0 bridgehead atoms. The molecule has 3 aromatic carbocycles. The lowest BCUT2D eigenvalue weighted by Gasteiger charge is -2.13. The maximum atomic E-state index is 13.4. The number of benzene rings is 3. The molecule has 0 unspecified atom stereocenters. The highest BCUT2D eigenvalue weighted by Gasteiger charge is 2.16. The van der Waals surface area contributed by atoms with Gasteiger partial charge in [-0.3, -0.25) is 4.79 Å². The van der Waals surface area contributed by atoms with Crippen LogP contribution < -0.4 is 14.8 Å². The first kappa shape index (κ1) is 22.0. The topological polar surface area (TPSA) is 104 Å². The molecule has 1 N–H and O–H groups in total. The fourth-order valence-electron chi connectivity index (χ4n) is 3.97. The van der Waals surface area contributed by atoms with E-state index in [1.54, 1.807) is 25.0 Å². The van der Waals surface area contributed by atoms with Gasteiger partial charge >= 0.3 is 0 Å². The molecule has 5 rings (SSSR count). The quantitative estimate of drug-likeness (QED) is 0.394. The van der Waals surface area contributed by atoms with Crippen LogP contribution in [0.1, 0.15) is 15.9 Å². The lowest BCUT2D eigenvalue weighted by atomic mass is 10.0. The number of aryl methyl sites for hydroxylation is 1. The third kappa shape index (κ3) is 4.26. The molecule has 2 aromatic heterocycles. The van der Waals surface area contributed by atoms with Gasteiger partial charge in [0, 0.05) is 16.6 Å². The molecule has 9 nitrogen and oxygen atoms in total. The summed E-state index contributed by atoms with van der Waals surface area (Å²) in [5, 5.41) is 15.0. The van der Waals surface area contributed by atoms with Gasteiger partial charge in [-0.15, -0.1) is 5.10 Å². The average Bonchev–Trinajstić information content (AvgIpc) is 3.42. The fraction of sp³-hybridized carbons (Fsp3) is 0.115. The molecule has 1 amide bonds. The number of tetrazole rings is 1. The standard InChI is InChI=1S/C26H22N6O3/c1-16-12-18(9-10-23(16)32-15-27-30-31-32)28-26(33)20-14-22(29-21-7-5-4-6-19(20)21)17-8-11-24(34-2)25(13-17)35-3/h4-15H,1-3H3,(H,28,33). The van der Waals surface area contributed by atoms with Gasteiger partial charge in [0.1, 0.15) is 6.33 Å². The Morgan fingerprint density at radius 1 is 0.943 bits per heavy atom. The zero-order valence-electron chi connectivity index (χ0n) is 19.4. The zero-order chi connectivity index (χ0) is 24.4. The van der Waals surface area contributed by atoms with Crippen LogP contribution in [-0.2, 0) is 0 Å². The van der Waals surface area contributed by atoms with E-state index in [1.807, 2.05) is 67.6 Å². The van der Waals surface area contributed by atoms with Crippen molar-refractivity contribution in [3.8, 4) is 28.4 Å². The second kappa shape index (κ2) is 9.22. The number of fused-ring (bicyclic) bond motifs is 1. The number of amides is 1. The van der Waals surface area contributed by atoms with Gasteiger partial charge < -0.3 is 14.8 Å². The molecule has 5 aromatic rings. The third-order valence-electron chi connectivity index (χ3n) is 5.69. The number of carbonyl (C=O) groups excluding carboxylic acids is 1. The summed E-state index contributed by atoms with van der Waals surface area (Å²) >= 11 is 0. The Labute approximate surface area is 201 Å². The Bertz CT molecular complexity index is 1530. The lowest BCUT2D eigenvalue weighted by Crippen LogP contribution is -2.13. The van der Waals surface area contributed by atoms with Crippen LogP contribution in [0.3, 0.4) is 0 Å². The molecule has 0 fully saturated rings. The van der Waals surface area contributed by atoms with Crippen LogP contribution in [0.5, 0.6) is 11.5 Å². The van der Waals surface area contributed by atoms with Crippen LogP contribution in [-0.4, -0.2) is 45.3 Å². The Morgan fingerprint density at radius 2 is 1.77 bits per heavy atom. The zero-order valence-corrected chi connectivity index (χ0v) is 19.4. The number of rotatable bonds is 6. The van der Waals surface area contributed by atoms with Gasteiger partial charge in [0.05, 0.1) is 36.7 Å². The van der Waals surface area contributed by atoms with Crippen LogP contribution >= 0.6 is 0 Å². The molecule has 0 aliphatic heterocycles. The van der Waals surface area contributed by atoms with Crippen LogP contribution in [0.15, 0.2) is 73.1 Å². The smallest absolute Gasteiger partial charge is 0.256 e. The van der Waals surface area contributed by atoms with E-state index in [2.05, 4.69) is 20.8 Å². The summed E-state index contributed by atoms with van der Waals surface area (Å²) in [6.45, 7) is 1.93. The molecule has 174 valence electrons. The van der Waals surface area contributed by atoms with E-state index in [0.29, 0.717) is 28.4 Å². The molecular weight excluding hydrogens is 444 g/mol. The monoisotopic (exact) mass is 466 g/mol. The van der Waals surface area contributed by atoms with Crippen LogP contribution in [0.4, 0.5) is 5.69 Å². The summed E-state index contributed by atoms with van der Waals surface area (Å²) in [6, 6.07) is 20.5. The minimum absolute atomic E-state index is 0.236. The Hall–Kier alpha value is -4.79. The second-order valence-electron chi connectivity index (χ2n) is 7.85. The molecule has 0 aliphatic rings. The summed E-state index contributed by atoms with van der Waals surface area (Å²) < 4.78 is 12.4. The summed E-state index contributed by atoms with van der Waals surface area (Å²) in [4.78, 5) is 18.2. The molecular formula is C26H22N6O3. The number of para-hydroxylation sites is 1. The summed E-state index contributed by atoms with van der Waals surface area (Å²) in [7, 11) is 3.17. The fourth-order valence-corrected chi connectivity index (χ4v) is 3.97. The van der Waals surface area contributed by atoms with Gasteiger partial charge in [-0.1, -0.05) is 18.2 Å². The normalized spacial score (nSPS) is 10.8. The largest absolute Gasteiger partial charge is 0.493 e. The number of nitrogens with one attached hydrogen (secondary N) is 1. The van der Waals surface area contributed by atoms with Crippen molar-refractivity contribution >= 4 is 22.5 Å². The first-order chi connectivity index (χ1) is 17.1. The first-order valence-corrected chi connectivity index (χ1v) is 10.8. The van der Waals surface area contributed by atoms with Crippen molar-refractivity contribution in [2.45, 2.75) is 6.92 Å². The highest BCUT2D eigenvalue weighted by molar-refractivity contribution is 6.13. The van der Waals surface area contributed by atoms with Crippen molar-refractivity contribution in [3.63, 3.8) is 0 Å². The summed E-state index contributed by atoms with van der Waals surface area (Å²) in [5.41, 5.74) is 5.11. The molecule has 0 saturated heterocycles. The van der Waals surface area contributed by atoms with Crippen molar-refractivity contribution in [2.75, 3.05) is 19.5 Å². The molecule has 9 heteroatoms. The first-order valence-electron chi connectivity index (χ1n) is 10.8. The average molecular weight is 467 g/mol. The highest BCUT2D eigenvalue weighted by atomic mass is 16.5. The van der Waals surface area contributed by atoms with Gasteiger partial charge in [0.25, 0.3) is 5.91 Å². The van der Waals surface area contributed by atoms with Crippen molar-refractivity contribution in [3.05, 3.63) is 84.2 Å². The Kier molecular flexibility index (Phi) is 5.80. The van der Waals surface area contributed by atoms with E-state index in [0.717, 1.165) is 27.7 Å². The number of ether oxygens (including phenoxy) is 2. The maximum Gasteiger partial charge on any atom is 0.256 e. The van der Waals surface area contributed by atoms with Gasteiger partial charge in [-0.25, -0.2) is 9.67 Å². The highest BCUT2D eigenvalue weighted by Crippen LogP contribution is 2.33. The predicted molar refractivity (Wildman–Crippen MR) is 132 cm³/mol. The number of nitrogens with zero attached hydrogens (tertiary/aromatic N) is 5. The molecule has 2 heterocycles. The van der Waals surface area contributed by atoms with Crippen molar-refractivity contribution in [1.82, 2.24) is 25.2 Å². The van der Waals surface area contributed by atoms with E-state index in [1.165, 1.54) is 6.33 Å². The Balaban J connectivity index is 1.52. The summed E-state index contributed by atoms with van der Waals surface area (Å²) in [5.74, 6) is 0.972. The number of hydrogen-bond donors (Lipinski definition) is 1. The predicted octanol–water partition coefficient (Wildman–Crippen LogP) is 4.46. The van der Waals surface area contributed by atoms with E-state index < -0.39 is 0 Å². The minimum atomic E-state index is -0.236. The molecule has 0 atom stereocenters. The third-order valence-corrected chi connectivity index (χ3v) is 5.69. The molecule has 0 spiro atoms. The number of pyridine rings is 1. The maximum absolute atomic E-state index is 13.4. The molecule has 35 heavy (non-hydrogen) atoms.